The van der Waals surface area contributed by atoms with Crippen molar-refractivity contribution in [1.29, 1.82) is 0 Å². The topological polar surface area (TPSA) is 0 Å². The summed E-state index contributed by atoms with van der Waals surface area (Å²) in [6.07, 6.45) is 0. The van der Waals surface area contributed by atoms with Gasteiger partial charge in [-0.1, -0.05) is 0 Å². The zero-order valence-electron chi connectivity index (χ0n) is 3.35. The van der Waals surface area contributed by atoms with Crippen molar-refractivity contribution in [3.63, 3.8) is 0 Å². The van der Waals surface area contributed by atoms with Crippen LogP contribution in [0.5, 0.6) is 0 Å². The molecular formula is CH8BFeSi. The van der Waals surface area contributed by atoms with E-state index in [0.717, 1.165) is 0 Å². The average molecular weight is 115 g/mol. The number of hydrogen-bond acceptors (Lipinski definition) is 0. The van der Waals surface area contributed by atoms with E-state index in [2.05, 4.69) is 12.5 Å². The van der Waals surface area contributed by atoms with Crippen molar-refractivity contribution in [3.05, 3.63) is 0 Å². The second-order valence-electron chi connectivity index (χ2n) is 1.06. The van der Waals surface area contributed by atoms with Crippen molar-refractivity contribution < 1.29 is 13.1 Å². The second kappa shape index (κ2) is 2.06. The Morgan fingerprint density at radius 2 is 2.00 bits per heavy atom. The van der Waals surface area contributed by atoms with Gasteiger partial charge in [-0.25, -0.2) is 0 Å². The minimum absolute atomic E-state index is 0.389. The van der Waals surface area contributed by atoms with Crippen LogP contribution < -0.4 is 0 Å². The summed E-state index contributed by atoms with van der Waals surface area (Å²) in [4.78, 5) is 0. The van der Waals surface area contributed by atoms with Gasteiger partial charge < -0.3 is 0 Å². The predicted octanol–water partition coefficient (Wildman–Crippen LogP) is -1.52. The molecule has 0 saturated heterocycles. The molecule has 27 valence electrons. The zero-order valence-corrected chi connectivity index (χ0v) is 6.46. The fourth-order valence-electron chi connectivity index (χ4n) is 0. The summed E-state index contributed by atoms with van der Waals surface area (Å²) in [5.74, 6) is 2.31. The molecule has 0 atom stereocenters. The molecule has 0 spiro atoms. The first-order chi connectivity index (χ1) is 1.73. The van der Waals surface area contributed by atoms with Crippen molar-refractivity contribution in [2.45, 2.75) is 5.82 Å². The Bertz CT molecular complexity index is 12.8. The van der Waals surface area contributed by atoms with Crippen molar-refractivity contribution >= 4 is 15.5 Å². The number of hydrogen-bond donors (Lipinski definition) is 0. The Morgan fingerprint density at radius 1 is 2.00 bits per heavy atom. The molecule has 0 aromatic heterocycles. The molecule has 0 unspecified atom stereocenters. The van der Waals surface area contributed by atoms with Crippen LogP contribution >= 0.6 is 0 Å². The van der Waals surface area contributed by atoms with Gasteiger partial charge in [0, 0.05) is 0 Å². The van der Waals surface area contributed by atoms with Gasteiger partial charge in [0.05, 0.1) is 0 Å². The number of rotatable bonds is 0. The van der Waals surface area contributed by atoms with Crippen molar-refractivity contribution in [1.82, 2.24) is 0 Å². The van der Waals surface area contributed by atoms with E-state index in [4.69, 9.17) is 0 Å². The molecule has 0 amide bonds. The van der Waals surface area contributed by atoms with Gasteiger partial charge in [0.2, 0.25) is 0 Å². The first kappa shape index (κ1) is 4.80. The molecular weight excluding hydrogens is 107 g/mol. The molecule has 0 aliphatic rings. The standard InChI is InChI=1S/CH3.BH2.Fe.H3Si/h1H3;1H2;;1H3/q;+1;-1;. The zero-order chi connectivity index (χ0) is 3.58. The van der Waals surface area contributed by atoms with Crippen LogP contribution in [0.15, 0.2) is 0 Å². The summed E-state index contributed by atoms with van der Waals surface area (Å²) in [6.45, 7) is 2.31. The van der Waals surface area contributed by atoms with Gasteiger partial charge in [0.25, 0.3) is 0 Å². The second-order valence-corrected chi connectivity index (χ2v) is 10.2. The summed E-state index contributed by atoms with van der Waals surface area (Å²) in [5, 5.41) is 0. The molecule has 0 radical (unpaired) electrons. The summed E-state index contributed by atoms with van der Waals surface area (Å²) in [6, 6.07) is 0. The van der Waals surface area contributed by atoms with Crippen LogP contribution in [0.25, 0.3) is 0 Å². The molecule has 4 heavy (non-hydrogen) atoms. The average Bonchev–Trinajstić information content (AvgIpc) is 0.811. The van der Waals surface area contributed by atoms with E-state index in [1.54, 1.807) is 0 Å². The van der Waals surface area contributed by atoms with Gasteiger partial charge in [-0.2, -0.15) is 0 Å². The van der Waals surface area contributed by atoms with Crippen LogP contribution in [0, 0.1) is 0 Å². The summed E-state index contributed by atoms with van der Waals surface area (Å²) >= 11 is 0.389. The third-order valence-corrected chi connectivity index (χ3v) is 0. The Morgan fingerprint density at radius 3 is 2.00 bits per heavy atom. The molecule has 0 bridgehead atoms. The van der Waals surface area contributed by atoms with Crippen LogP contribution in [-0.4, -0.2) is 15.5 Å². The quantitative estimate of drug-likeness (QED) is 0.336. The van der Waals surface area contributed by atoms with Crippen molar-refractivity contribution in [3.8, 4) is 0 Å². The van der Waals surface area contributed by atoms with E-state index in [1.165, 1.54) is 8.85 Å². The van der Waals surface area contributed by atoms with E-state index in [1.807, 2.05) is 0 Å². The molecule has 0 fully saturated rings. The normalized spacial score (nSPS) is 11.8. The first-order valence-corrected chi connectivity index (χ1v) is 7.29. The van der Waals surface area contributed by atoms with Crippen LogP contribution in [0.4, 0.5) is 0 Å². The SMILES string of the molecule is [BH2][Fe]([CH3])[SiH3]. The van der Waals surface area contributed by atoms with E-state index < -0.39 is 0 Å². The van der Waals surface area contributed by atoms with Crippen LogP contribution in [0.1, 0.15) is 0 Å². The van der Waals surface area contributed by atoms with Gasteiger partial charge in [0.1, 0.15) is 0 Å². The molecule has 0 aromatic rings. The predicted molar refractivity (Wildman–Crippen MR) is 24.3 cm³/mol. The Kier molecular flexibility index (Phi) is 2.48. The van der Waals surface area contributed by atoms with Gasteiger partial charge in [-0.3, -0.25) is 0 Å². The molecule has 0 nitrogen and oxygen atoms in total. The molecule has 3 heteroatoms. The third kappa shape index (κ3) is 14.2. The Labute approximate surface area is 35.0 Å². The molecule has 0 rings (SSSR count). The summed E-state index contributed by atoms with van der Waals surface area (Å²) < 4.78 is 0. The maximum atomic E-state index is 2.31. The molecule has 0 aromatic carbocycles. The summed E-state index contributed by atoms with van der Waals surface area (Å²) in [7, 11) is 1.43. The van der Waals surface area contributed by atoms with Crippen molar-refractivity contribution in [2.24, 2.45) is 0 Å². The van der Waals surface area contributed by atoms with E-state index >= 15 is 0 Å². The van der Waals surface area contributed by atoms with E-state index in [-0.39, 0.29) is 0 Å². The molecule has 0 saturated carbocycles. The van der Waals surface area contributed by atoms with Crippen LogP contribution in [0.2, 0.25) is 5.82 Å². The molecule has 0 aliphatic carbocycles. The fraction of sp³-hybridized carbons (Fsp3) is 1.00. The van der Waals surface area contributed by atoms with Gasteiger partial charge in [0.15, 0.2) is 0 Å². The van der Waals surface area contributed by atoms with Gasteiger partial charge in [-0.05, 0) is 0 Å². The Hall–Kier alpha value is 0.801. The Balaban J connectivity index is 2.32. The van der Waals surface area contributed by atoms with Gasteiger partial charge >= 0.3 is 34.4 Å². The van der Waals surface area contributed by atoms with E-state index in [9.17, 15) is 0 Å². The summed E-state index contributed by atoms with van der Waals surface area (Å²) in [5.41, 5.74) is 0. The van der Waals surface area contributed by atoms with E-state index in [0.29, 0.717) is 13.1 Å². The fourth-order valence-corrected chi connectivity index (χ4v) is 0. The van der Waals surface area contributed by atoms with Crippen LogP contribution in [-0.2, 0) is 13.1 Å². The van der Waals surface area contributed by atoms with Crippen molar-refractivity contribution in [2.75, 3.05) is 0 Å². The van der Waals surface area contributed by atoms with Gasteiger partial charge in [-0.15, -0.1) is 0 Å². The molecule has 0 aliphatic heterocycles. The minimum atomic E-state index is 0.389. The first-order valence-electron chi connectivity index (χ1n) is 1.06. The monoisotopic (exact) mass is 115 g/mol. The van der Waals surface area contributed by atoms with Crippen LogP contribution in [0.3, 0.4) is 0 Å². The maximum absolute atomic E-state index is 2.31. The third-order valence-electron chi connectivity index (χ3n) is 0. The molecule has 0 heterocycles. The molecule has 0 N–H and O–H groups in total.